The molecule has 0 aliphatic carbocycles. The van der Waals surface area contributed by atoms with Gasteiger partial charge < -0.3 is 14.2 Å². The highest BCUT2D eigenvalue weighted by Gasteiger charge is 2.43. The van der Waals surface area contributed by atoms with Crippen molar-refractivity contribution in [3.8, 4) is 11.8 Å². The molecule has 22 heavy (non-hydrogen) atoms. The first kappa shape index (κ1) is 14.6. The van der Waals surface area contributed by atoms with E-state index >= 15 is 0 Å². The zero-order chi connectivity index (χ0) is 15.7. The zero-order valence-corrected chi connectivity index (χ0v) is 13.1. The van der Waals surface area contributed by atoms with Gasteiger partial charge >= 0.3 is 5.97 Å². The number of fused-ring (bicyclic) bond motifs is 1. The smallest absolute Gasteiger partial charge is 0.340 e. The average molecular weight is 318 g/mol. The van der Waals surface area contributed by atoms with E-state index in [-0.39, 0.29) is 5.97 Å². The van der Waals surface area contributed by atoms with Crippen molar-refractivity contribution in [2.75, 3.05) is 14.2 Å². The van der Waals surface area contributed by atoms with Gasteiger partial charge in [-0.3, -0.25) is 0 Å². The molecule has 1 aliphatic rings. The lowest BCUT2D eigenvalue weighted by atomic mass is 10.1. The fourth-order valence-corrected chi connectivity index (χ4v) is 3.26. The van der Waals surface area contributed by atoms with Crippen molar-refractivity contribution in [1.82, 2.24) is 9.97 Å². The van der Waals surface area contributed by atoms with E-state index in [2.05, 4.69) is 9.97 Å². The van der Waals surface area contributed by atoms with E-state index in [0.29, 0.717) is 22.5 Å². The third-order valence-corrected chi connectivity index (χ3v) is 4.34. The molecule has 114 valence electrons. The molecule has 0 bridgehead atoms. The van der Waals surface area contributed by atoms with E-state index in [4.69, 9.17) is 14.2 Å². The number of aromatic nitrogens is 2. The molecule has 3 rings (SSSR count). The molecule has 0 spiro atoms. The van der Waals surface area contributed by atoms with Gasteiger partial charge in [0, 0.05) is 5.56 Å². The highest BCUT2D eigenvalue weighted by Crippen LogP contribution is 2.47. The average Bonchev–Trinajstić information content (AvgIpc) is 2.78. The molecule has 0 radical (unpaired) electrons. The first-order valence-electron chi connectivity index (χ1n) is 6.54. The lowest BCUT2D eigenvalue weighted by molar-refractivity contribution is 0.0337. The maximum Gasteiger partial charge on any atom is 0.340 e. The third-order valence-electron chi connectivity index (χ3n) is 3.29. The number of esters is 1. The maximum atomic E-state index is 12.0. The summed E-state index contributed by atoms with van der Waals surface area (Å²) >= 11 is 1.23. The minimum Gasteiger partial charge on any atom is -0.481 e. The van der Waals surface area contributed by atoms with Gasteiger partial charge in [0.1, 0.15) is 0 Å². The maximum absolute atomic E-state index is 12.0. The Balaban J connectivity index is 1.98. The summed E-state index contributed by atoms with van der Waals surface area (Å²) in [4.78, 5) is 19.6. The van der Waals surface area contributed by atoms with Crippen molar-refractivity contribution in [2.24, 2.45) is 0 Å². The number of carbonyl (C=O) groups excluding carboxylic acids is 1. The van der Waals surface area contributed by atoms with Crippen LogP contribution >= 0.6 is 11.8 Å². The Morgan fingerprint density at radius 1 is 1.14 bits per heavy atom. The minimum atomic E-state index is -0.884. The molecular formula is C15H14N2O4S. The monoisotopic (exact) mass is 318 g/mol. The largest absolute Gasteiger partial charge is 0.481 e. The summed E-state index contributed by atoms with van der Waals surface area (Å²) in [7, 11) is 3.03. The molecule has 6 nitrogen and oxygen atoms in total. The molecule has 0 fully saturated rings. The molecule has 0 N–H and O–H groups in total. The Hall–Kier alpha value is -2.28. The number of hydrogen-bond acceptors (Lipinski definition) is 7. The standard InChI is InChI=1S/C15H14N2O4S/c1-15(10-7-5-4-6-9(10)13(18)21-15)22-14-16-11(19-2)8-12(17-14)20-3/h4-8H,1-3H3. The second-order valence-electron chi connectivity index (χ2n) is 4.72. The number of nitrogens with zero attached hydrogens (tertiary/aromatic N) is 2. The van der Waals surface area contributed by atoms with E-state index in [1.54, 1.807) is 12.1 Å². The summed E-state index contributed by atoms with van der Waals surface area (Å²) < 4.78 is 15.8. The van der Waals surface area contributed by atoms with Crippen molar-refractivity contribution in [2.45, 2.75) is 17.0 Å². The van der Waals surface area contributed by atoms with E-state index in [1.165, 1.54) is 26.0 Å². The van der Waals surface area contributed by atoms with Crippen LogP contribution in [0.25, 0.3) is 0 Å². The van der Waals surface area contributed by atoms with Gasteiger partial charge in [0.2, 0.25) is 11.8 Å². The number of rotatable bonds is 4. The van der Waals surface area contributed by atoms with E-state index in [0.717, 1.165) is 5.56 Å². The molecule has 0 saturated carbocycles. The third kappa shape index (κ3) is 2.48. The Bertz CT molecular complexity index is 715. The molecule has 1 atom stereocenters. The lowest BCUT2D eigenvalue weighted by Crippen LogP contribution is -2.17. The predicted octanol–water partition coefficient (Wildman–Crippen LogP) is 2.63. The number of thioether (sulfide) groups is 1. The van der Waals surface area contributed by atoms with Gasteiger partial charge in [-0.1, -0.05) is 18.2 Å². The number of hydrogen-bond donors (Lipinski definition) is 0. The molecule has 1 aromatic heterocycles. The van der Waals surface area contributed by atoms with Gasteiger partial charge in [0.05, 0.1) is 25.8 Å². The van der Waals surface area contributed by atoms with Crippen molar-refractivity contribution in [1.29, 1.82) is 0 Å². The Labute approximate surface area is 131 Å². The van der Waals surface area contributed by atoms with Crippen LogP contribution in [0.3, 0.4) is 0 Å². The van der Waals surface area contributed by atoms with Crippen molar-refractivity contribution in [3.05, 3.63) is 41.5 Å². The Morgan fingerprint density at radius 2 is 1.77 bits per heavy atom. The van der Waals surface area contributed by atoms with Crippen LogP contribution in [0.1, 0.15) is 22.8 Å². The number of carbonyl (C=O) groups is 1. The molecule has 1 unspecified atom stereocenters. The van der Waals surface area contributed by atoms with Crippen molar-refractivity contribution >= 4 is 17.7 Å². The van der Waals surface area contributed by atoms with Crippen LogP contribution in [0.5, 0.6) is 11.8 Å². The van der Waals surface area contributed by atoms with Crippen LogP contribution in [0.15, 0.2) is 35.5 Å². The predicted molar refractivity (Wildman–Crippen MR) is 80.2 cm³/mol. The molecule has 7 heteroatoms. The highest BCUT2D eigenvalue weighted by atomic mass is 32.2. The SMILES string of the molecule is COc1cc(OC)nc(SC2(C)OC(=O)c3ccccc32)n1. The van der Waals surface area contributed by atoms with E-state index in [9.17, 15) is 4.79 Å². The van der Waals surface area contributed by atoms with Crippen LogP contribution in [0.4, 0.5) is 0 Å². The zero-order valence-electron chi connectivity index (χ0n) is 12.3. The summed E-state index contributed by atoms with van der Waals surface area (Å²) in [5.41, 5.74) is 1.36. The van der Waals surface area contributed by atoms with Crippen molar-refractivity contribution < 1.29 is 19.0 Å². The quantitative estimate of drug-likeness (QED) is 0.634. The number of benzene rings is 1. The van der Waals surface area contributed by atoms with E-state index < -0.39 is 4.93 Å². The van der Waals surface area contributed by atoms with Crippen LogP contribution < -0.4 is 9.47 Å². The van der Waals surface area contributed by atoms with Crippen molar-refractivity contribution in [3.63, 3.8) is 0 Å². The molecule has 0 saturated heterocycles. The summed E-state index contributed by atoms with van der Waals surface area (Å²) in [5.74, 6) is 0.423. The van der Waals surface area contributed by atoms with Crippen LogP contribution in [0, 0.1) is 0 Å². The van der Waals surface area contributed by atoms with E-state index in [1.807, 2.05) is 25.1 Å². The van der Waals surface area contributed by atoms with Gasteiger partial charge in [-0.15, -0.1) is 0 Å². The normalized spacial score (nSPS) is 19.5. The van der Waals surface area contributed by atoms with Crippen LogP contribution in [-0.2, 0) is 9.67 Å². The molecule has 1 aromatic carbocycles. The summed E-state index contributed by atoms with van der Waals surface area (Å²) in [5, 5.41) is 0.406. The van der Waals surface area contributed by atoms with Crippen LogP contribution in [0.2, 0.25) is 0 Å². The molecular weight excluding hydrogens is 304 g/mol. The highest BCUT2D eigenvalue weighted by molar-refractivity contribution is 8.00. The van der Waals surface area contributed by atoms with Gasteiger partial charge in [-0.25, -0.2) is 4.79 Å². The molecule has 2 heterocycles. The Morgan fingerprint density at radius 3 is 2.41 bits per heavy atom. The molecule has 2 aromatic rings. The minimum absolute atomic E-state index is 0.347. The molecule has 0 amide bonds. The number of cyclic esters (lactones) is 1. The fraction of sp³-hybridized carbons (Fsp3) is 0.267. The van der Waals surface area contributed by atoms with Gasteiger partial charge in [-0.05, 0) is 24.8 Å². The summed E-state index contributed by atoms with van der Waals surface area (Å²) in [6.45, 7) is 1.82. The number of ether oxygens (including phenoxy) is 3. The van der Waals surface area contributed by atoms with Crippen LogP contribution in [-0.4, -0.2) is 30.2 Å². The first-order chi connectivity index (χ1) is 10.6. The second kappa shape index (κ2) is 5.49. The summed E-state index contributed by atoms with van der Waals surface area (Å²) in [6.07, 6.45) is 0. The summed E-state index contributed by atoms with van der Waals surface area (Å²) in [6, 6.07) is 8.87. The van der Waals surface area contributed by atoms with Gasteiger partial charge in [-0.2, -0.15) is 9.97 Å². The first-order valence-corrected chi connectivity index (χ1v) is 7.36. The second-order valence-corrected chi connectivity index (χ2v) is 6.07. The van der Waals surface area contributed by atoms with Gasteiger partial charge in [0.15, 0.2) is 10.1 Å². The lowest BCUT2D eigenvalue weighted by Gasteiger charge is -2.22. The fourth-order valence-electron chi connectivity index (χ4n) is 2.23. The topological polar surface area (TPSA) is 70.5 Å². The Kier molecular flexibility index (Phi) is 3.66. The van der Waals surface area contributed by atoms with Gasteiger partial charge in [0.25, 0.3) is 0 Å². The number of methoxy groups -OCH3 is 2. The molecule has 1 aliphatic heterocycles.